The number of nitrogens with one attached hydrogen (secondary N) is 1. The molecular formula is C14H20N3O4S-. The van der Waals surface area contributed by atoms with Crippen molar-refractivity contribution in [1.29, 1.82) is 0 Å². The van der Waals surface area contributed by atoms with E-state index >= 15 is 0 Å². The van der Waals surface area contributed by atoms with E-state index in [9.17, 15) is 18.9 Å². The summed E-state index contributed by atoms with van der Waals surface area (Å²) in [6.45, 7) is 1.90. The Morgan fingerprint density at radius 2 is 2.05 bits per heavy atom. The Kier molecular flexibility index (Phi) is 5.73. The maximum absolute atomic E-state index is 11.3. The number of anilines is 2. The lowest BCUT2D eigenvalue weighted by Crippen LogP contribution is -2.25. The number of hydrogen-bond donors (Lipinski definition) is 1. The molecule has 0 aromatic heterocycles. The van der Waals surface area contributed by atoms with E-state index in [2.05, 4.69) is 5.32 Å². The molecule has 0 bridgehead atoms. The number of hydrogen-bond acceptors (Lipinski definition) is 5. The molecule has 0 radical (unpaired) electrons. The van der Waals surface area contributed by atoms with Crippen molar-refractivity contribution < 1.29 is 13.7 Å². The Balaban J connectivity index is 2.26. The molecule has 1 aromatic rings. The highest BCUT2D eigenvalue weighted by atomic mass is 32.2. The van der Waals surface area contributed by atoms with E-state index in [0.717, 1.165) is 30.0 Å². The second kappa shape index (κ2) is 7.55. The molecule has 1 atom stereocenters. The van der Waals surface area contributed by atoms with E-state index in [1.54, 1.807) is 19.1 Å². The first kappa shape index (κ1) is 16.7. The molecule has 7 nitrogen and oxygen atoms in total. The van der Waals surface area contributed by atoms with E-state index in [1.165, 1.54) is 12.5 Å². The molecule has 0 saturated heterocycles. The van der Waals surface area contributed by atoms with Crippen LogP contribution in [0.25, 0.3) is 0 Å². The van der Waals surface area contributed by atoms with Gasteiger partial charge in [0.05, 0.1) is 10.6 Å². The van der Waals surface area contributed by atoms with Gasteiger partial charge in [-0.2, -0.15) is 0 Å². The lowest BCUT2D eigenvalue weighted by Gasteiger charge is -2.26. The quantitative estimate of drug-likeness (QED) is 0.492. The van der Waals surface area contributed by atoms with Crippen LogP contribution in [0.15, 0.2) is 18.2 Å². The van der Waals surface area contributed by atoms with Gasteiger partial charge in [-0.05, 0) is 31.9 Å². The SMILES string of the molecule is CCN(c1ccc(NC2CCCCC2)c([N+](=O)[O-])c1)S(=O)[O-]. The van der Waals surface area contributed by atoms with Gasteiger partial charge in [-0.1, -0.05) is 19.3 Å². The highest BCUT2D eigenvalue weighted by Crippen LogP contribution is 2.32. The molecule has 0 amide bonds. The predicted octanol–water partition coefficient (Wildman–Crippen LogP) is 2.96. The number of nitro groups is 1. The van der Waals surface area contributed by atoms with Gasteiger partial charge >= 0.3 is 0 Å². The van der Waals surface area contributed by atoms with Crippen LogP contribution in [0.5, 0.6) is 0 Å². The van der Waals surface area contributed by atoms with Gasteiger partial charge < -0.3 is 14.2 Å². The topological polar surface area (TPSA) is 98.5 Å². The molecule has 1 aromatic carbocycles. The Morgan fingerprint density at radius 1 is 1.36 bits per heavy atom. The maximum Gasteiger partial charge on any atom is 0.294 e. The van der Waals surface area contributed by atoms with Crippen LogP contribution in [0.1, 0.15) is 39.0 Å². The summed E-state index contributed by atoms with van der Waals surface area (Å²) in [5.74, 6) is 0. The van der Waals surface area contributed by atoms with E-state index in [-0.39, 0.29) is 18.3 Å². The van der Waals surface area contributed by atoms with Crippen molar-refractivity contribution in [3.8, 4) is 0 Å². The van der Waals surface area contributed by atoms with E-state index in [0.29, 0.717) is 11.4 Å². The average molecular weight is 326 g/mol. The van der Waals surface area contributed by atoms with Crippen LogP contribution in [0.3, 0.4) is 0 Å². The molecule has 1 N–H and O–H groups in total. The minimum Gasteiger partial charge on any atom is -0.755 e. The maximum atomic E-state index is 11.3. The standard InChI is InChI=1S/C14H21N3O4S/c1-2-16(22(20)21)12-8-9-13(14(10-12)17(18)19)15-11-6-4-3-5-7-11/h8-11,15H,2-7H2,1H3,(H,20,21)/p-1. The fourth-order valence-electron chi connectivity index (χ4n) is 2.79. The Labute approximate surface area is 132 Å². The number of benzene rings is 1. The first-order valence-corrected chi connectivity index (χ1v) is 8.48. The van der Waals surface area contributed by atoms with Crippen LogP contribution in [-0.4, -0.2) is 26.3 Å². The number of nitro benzene ring substituents is 1. The average Bonchev–Trinajstić information content (AvgIpc) is 2.49. The third kappa shape index (κ3) is 3.95. The van der Waals surface area contributed by atoms with E-state index < -0.39 is 16.2 Å². The molecular weight excluding hydrogens is 306 g/mol. The van der Waals surface area contributed by atoms with Crippen LogP contribution in [0.4, 0.5) is 17.1 Å². The normalized spacial score (nSPS) is 17.0. The van der Waals surface area contributed by atoms with Crippen molar-refractivity contribution in [3.63, 3.8) is 0 Å². The van der Waals surface area contributed by atoms with Crippen LogP contribution >= 0.6 is 0 Å². The van der Waals surface area contributed by atoms with Gasteiger partial charge in [-0.15, -0.1) is 0 Å². The molecule has 2 rings (SSSR count). The second-order valence-corrected chi connectivity index (χ2v) is 6.22. The third-order valence-corrected chi connectivity index (χ3v) is 4.73. The van der Waals surface area contributed by atoms with E-state index in [1.807, 2.05) is 0 Å². The molecule has 1 aliphatic carbocycles. The van der Waals surface area contributed by atoms with Crippen molar-refractivity contribution in [2.24, 2.45) is 0 Å². The fraction of sp³-hybridized carbons (Fsp3) is 0.571. The Morgan fingerprint density at radius 3 is 2.59 bits per heavy atom. The molecule has 1 saturated carbocycles. The first-order valence-electron chi connectivity index (χ1n) is 7.44. The number of nitrogens with zero attached hydrogens (tertiary/aromatic N) is 2. The zero-order chi connectivity index (χ0) is 16.1. The molecule has 22 heavy (non-hydrogen) atoms. The minimum absolute atomic E-state index is 0.0908. The van der Waals surface area contributed by atoms with Crippen molar-refractivity contribution in [2.45, 2.75) is 45.1 Å². The summed E-state index contributed by atoms with van der Waals surface area (Å²) < 4.78 is 23.4. The molecule has 0 heterocycles. The Hall–Kier alpha value is -1.67. The summed E-state index contributed by atoms with van der Waals surface area (Å²) >= 11 is -2.45. The van der Waals surface area contributed by atoms with Crippen LogP contribution in [0, 0.1) is 10.1 Å². The monoisotopic (exact) mass is 326 g/mol. The Bertz CT molecular complexity index is 561. The van der Waals surface area contributed by atoms with Gasteiger partial charge in [0.2, 0.25) is 0 Å². The summed E-state index contributed by atoms with van der Waals surface area (Å²) in [4.78, 5) is 10.8. The highest BCUT2D eigenvalue weighted by molar-refractivity contribution is 7.80. The van der Waals surface area contributed by atoms with E-state index in [4.69, 9.17) is 0 Å². The lowest BCUT2D eigenvalue weighted by molar-refractivity contribution is -0.383. The van der Waals surface area contributed by atoms with Gasteiger partial charge in [0, 0.05) is 29.9 Å². The van der Waals surface area contributed by atoms with Gasteiger partial charge in [0.1, 0.15) is 5.69 Å². The first-order chi connectivity index (χ1) is 10.5. The van der Waals surface area contributed by atoms with Crippen LogP contribution < -0.4 is 9.62 Å². The van der Waals surface area contributed by atoms with Gasteiger partial charge in [0.15, 0.2) is 0 Å². The van der Waals surface area contributed by atoms with Crippen LogP contribution in [0.2, 0.25) is 0 Å². The second-order valence-electron chi connectivity index (χ2n) is 5.35. The molecule has 122 valence electrons. The van der Waals surface area contributed by atoms with Gasteiger partial charge in [-0.3, -0.25) is 14.3 Å². The molecule has 0 spiro atoms. The summed E-state index contributed by atoms with van der Waals surface area (Å²) in [6, 6.07) is 4.74. The molecule has 8 heteroatoms. The third-order valence-electron chi connectivity index (χ3n) is 3.90. The van der Waals surface area contributed by atoms with Gasteiger partial charge in [-0.25, -0.2) is 0 Å². The lowest BCUT2D eigenvalue weighted by atomic mass is 9.95. The van der Waals surface area contributed by atoms with Crippen LogP contribution in [-0.2, 0) is 11.3 Å². The van der Waals surface area contributed by atoms with Crippen molar-refractivity contribution in [1.82, 2.24) is 0 Å². The van der Waals surface area contributed by atoms with Crippen molar-refractivity contribution >= 4 is 28.3 Å². The zero-order valence-electron chi connectivity index (χ0n) is 12.5. The summed E-state index contributed by atoms with van der Waals surface area (Å²) in [5, 5.41) is 14.5. The minimum atomic E-state index is -2.45. The largest absolute Gasteiger partial charge is 0.755 e. The summed E-state index contributed by atoms with van der Waals surface area (Å²) in [5.41, 5.74) is 0.664. The summed E-state index contributed by atoms with van der Waals surface area (Å²) in [7, 11) is 0. The number of rotatable bonds is 6. The fourth-order valence-corrected chi connectivity index (χ4v) is 3.29. The highest BCUT2D eigenvalue weighted by Gasteiger charge is 2.21. The molecule has 1 unspecified atom stereocenters. The predicted molar refractivity (Wildman–Crippen MR) is 85.5 cm³/mol. The smallest absolute Gasteiger partial charge is 0.294 e. The van der Waals surface area contributed by atoms with Crippen molar-refractivity contribution in [2.75, 3.05) is 16.2 Å². The van der Waals surface area contributed by atoms with Crippen molar-refractivity contribution in [3.05, 3.63) is 28.3 Å². The molecule has 1 aliphatic rings. The molecule has 0 aliphatic heterocycles. The summed E-state index contributed by atoms with van der Waals surface area (Å²) in [6.07, 6.45) is 5.47. The zero-order valence-corrected chi connectivity index (χ0v) is 13.3. The molecule has 1 fully saturated rings. The van der Waals surface area contributed by atoms with Gasteiger partial charge in [0.25, 0.3) is 5.69 Å².